The Morgan fingerprint density at radius 1 is 0.385 bits per heavy atom. The Labute approximate surface area is 247 Å². The highest BCUT2D eigenvalue weighted by molar-refractivity contribution is 4.93. The van der Waals surface area contributed by atoms with E-state index in [-0.39, 0.29) is 0 Å². The van der Waals surface area contributed by atoms with Gasteiger partial charge in [0.1, 0.15) is 0 Å². The summed E-state index contributed by atoms with van der Waals surface area (Å²) in [7, 11) is 0. The molecule has 0 aromatic carbocycles. The van der Waals surface area contributed by atoms with Crippen molar-refractivity contribution in [2.24, 2.45) is 47.0 Å². The van der Waals surface area contributed by atoms with Gasteiger partial charge in [0.2, 0.25) is 0 Å². The average Bonchev–Trinajstić information content (AvgIpc) is 2.93. The lowest BCUT2D eigenvalue weighted by Gasteiger charge is -2.45. The fraction of sp³-hybridized carbons (Fsp3) is 1.00. The number of nitrogens with two attached hydrogens (primary N) is 2. The van der Waals surface area contributed by atoms with Crippen molar-refractivity contribution in [3.63, 3.8) is 0 Å². The van der Waals surface area contributed by atoms with E-state index >= 15 is 0 Å². The first-order valence-electron chi connectivity index (χ1n) is 18.5. The Morgan fingerprint density at radius 3 is 0.872 bits per heavy atom. The predicted molar refractivity (Wildman–Crippen MR) is 175 cm³/mol. The summed E-state index contributed by atoms with van der Waals surface area (Å²) in [5.74, 6) is 4.93. The van der Waals surface area contributed by atoms with Crippen molar-refractivity contribution in [1.29, 1.82) is 0 Å². The van der Waals surface area contributed by atoms with E-state index in [9.17, 15) is 0 Å². The van der Waals surface area contributed by atoms with Crippen LogP contribution >= 0.6 is 0 Å². The second-order valence-corrected chi connectivity index (χ2v) is 14.5. The SMILES string of the molecule is CCCCCCC1CC(CC2CC(CCCCCC)C(N)C(CCCCCC)C2)CC(CCCCCC)C1N. The number of hydrogen-bond donors (Lipinski definition) is 2. The molecule has 0 aromatic rings. The average molecular weight is 547 g/mol. The van der Waals surface area contributed by atoms with Crippen molar-refractivity contribution >= 4 is 0 Å². The van der Waals surface area contributed by atoms with Crippen LogP contribution < -0.4 is 11.5 Å². The Hall–Kier alpha value is -0.0800. The van der Waals surface area contributed by atoms with E-state index < -0.39 is 0 Å². The van der Waals surface area contributed by atoms with E-state index in [1.807, 2.05) is 0 Å². The van der Waals surface area contributed by atoms with Crippen LogP contribution in [0.15, 0.2) is 0 Å². The molecule has 0 heterocycles. The molecule has 0 bridgehead atoms. The van der Waals surface area contributed by atoms with Crippen LogP contribution in [0.1, 0.15) is 188 Å². The predicted octanol–water partition coefficient (Wildman–Crippen LogP) is 11.2. The molecule has 4 N–H and O–H groups in total. The molecule has 39 heavy (non-hydrogen) atoms. The molecule has 0 spiro atoms. The third-order valence-electron chi connectivity index (χ3n) is 11.1. The Morgan fingerprint density at radius 2 is 0.641 bits per heavy atom. The van der Waals surface area contributed by atoms with Crippen LogP contribution in [0.2, 0.25) is 0 Å². The van der Waals surface area contributed by atoms with E-state index in [0.717, 1.165) is 35.5 Å². The van der Waals surface area contributed by atoms with Gasteiger partial charge in [-0.15, -0.1) is 0 Å². The van der Waals surface area contributed by atoms with Gasteiger partial charge in [0.25, 0.3) is 0 Å². The van der Waals surface area contributed by atoms with Crippen LogP contribution in [0.25, 0.3) is 0 Å². The maximum absolute atomic E-state index is 7.05. The second kappa shape index (κ2) is 21.6. The number of hydrogen-bond acceptors (Lipinski definition) is 2. The zero-order valence-corrected chi connectivity index (χ0v) is 27.5. The van der Waals surface area contributed by atoms with Crippen molar-refractivity contribution in [2.45, 2.75) is 200 Å². The van der Waals surface area contributed by atoms with Gasteiger partial charge in [-0.05, 0) is 93.3 Å². The zero-order valence-electron chi connectivity index (χ0n) is 27.5. The highest BCUT2D eigenvalue weighted by Gasteiger charge is 2.39. The molecular weight excluding hydrogens is 472 g/mol. The normalized spacial score (nSPS) is 31.5. The maximum atomic E-state index is 7.05. The monoisotopic (exact) mass is 547 g/mol. The van der Waals surface area contributed by atoms with E-state index in [4.69, 9.17) is 11.5 Å². The van der Waals surface area contributed by atoms with Gasteiger partial charge >= 0.3 is 0 Å². The zero-order chi connectivity index (χ0) is 28.3. The van der Waals surface area contributed by atoms with Crippen LogP contribution in [0.3, 0.4) is 0 Å². The summed E-state index contributed by atoms with van der Waals surface area (Å²) >= 11 is 0. The summed E-state index contributed by atoms with van der Waals surface area (Å²) in [6.07, 6.45) is 34.9. The Kier molecular flexibility index (Phi) is 19.4. The van der Waals surface area contributed by atoms with Gasteiger partial charge in [0.05, 0.1) is 0 Å². The van der Waals surface area contributed by atoms with Gasteiger partial charge in [-0.2, -0.15) is 0 Å². The van der Waals surface area contributed by atoms with Gasteiger partial charge in [-0.25, -0.2) is 0 Å². The summed E-state index contributed by atoms with van der Waals surface area (Å²) in [6.45, 7) is 9.33. The van der Waals surface area contributed by atoms with Crippen LogP contribution in [-0.4, -0.2) is 12.1 Å². The molecule has 0 aliphatic heterocycles. The van der Waals surface area contributed by atoms with Crippen molar-refractivity contribution in [1.82, 2.24) is 0 Å². The highest BCUT2D eigenvalue weighted by Crippen LogP contribution is 2.45. The lowest BCUT2D eigenvalue weighted by Crippen LogP contribution is -2.46. The minimum atomic E-state index is 0.460. The van der Waals surface area contributed by atoms with Crippen molar-refractivity contribution < 1.29 is 0 Å². The van der Waals surface area contributed by atoms with Gasteiger partial charge in [-0.1, -0.05) is 130 Å². The van der Waals surface area contributed by atoms with Gasteiger partial charge in [0, 0.05) is 12.1 Å². The summed E-state index contributed by atoms with van der Waals surface area (Å²) < 4.78 is 0. The molecular formula is C37H74N2. The topological polar surface area (TPSA) is 52.0 Å². The van der Waals surface area contributed by atoms with Crippen LogP contribution in [0.4, 0.5) is 0 Å². The molecule has 4 unspecified atom stereocenters. The molecule has 0 aromatic heterocycles. The van der Waals surface area contributed by atoms with E-state index in [0.29, 0.717) is 12.1 Å². The van der Waals surface area contributed by atoms with E-state index in [1.165, 1.54) is 161 Å². The molecule has 0 radical (unpaired) electrons. The fourth-order valence-electron chi connectivity index (χ4n) is 8.73. The fourth-order valence-corrected chi connectivity index (χ4v) is 8.73. The molecule has 2 aliphatic rings. The first kappa shape index (κ1) is 35.1. The third-order valence-corrected chi connectivity index (χ3v) is 11.1. The van der Waals surface area contributed by atoms with Gasteiger partial charge in [-0.3, -0.25) is 0 Å². The van der Waals surface area contributed by atoms with Crippen LogP contribution in [0.5, 0.6) is 0 Å². The molecule has 2 saturated carbocycles. The Bertz CT molecular complexity index is 470. The van der Waals surface area contributed by atoms with Crippen molar-refractivity contribution in [2.75, 3.05) is 0 Å². The maximum Gasteiger partial charge on any atom is 0.00958 e. The first-order valence-corrected chi connectivity index (χ1v) is 18.5. The lowest BCUT2D eigenvalue weighted by molar-refractivity contribution is 0.0857. The Balaban J connectivity index is 2.02. The van der Waals surface area contributed by atoms with Crippen molar-refractivity contribution in [3.05, 3.63) is 0 Å². The summed E-state index contributed by atoms with van der Waals surface area (Å²) in [5.41, 5.74) is 14.1. The largest absolute Gasteiger partial charge is 0.327 e. The number of unbranched alkanes of at least 4 members (excludes halogenated alkanes) is 12. The third kappa shape index (κ3) is 13.6. The second-order valence-electron chi connectivity index (χ2n) is 14.5. The molecule has 2 fully saturated rings. The summed E-state index contributed by atoms with van der Waals surface area (Å²) in [5, 5.41) is 0. The first-order chi connectivity index (χ1) is 19.0. The molecule has 0 saturated heterocycles. The van der Waals surface area contributed by atoms with Gasteiger partial charge < -0.3 is 11.5 Å². The van der Waals surface area contributed by atoms with Crippen molar-refractivity contribution in [3.8, 4) is 0 Å². The number of rotatable bonds is 22. The lowest BCUT2D eigenvalue weighted by atomic mass is 9.63. The summed E-state index contributed by atoms with van der Waals surface area (Å²) in [4.78, 5) is 0. The molecule has 2 aliphatic carbocycles. The van der Waals surface area contributed by atoms with Crippen LogP contribution in [-0.2, 0) is 0 Å². The minimum Gasteiger partial charge on any atom is -0.327 e. The van der Waals surface area contributed by atoms with E-state index in [1.54, 1.807) is 0 Å². The van der Waals surface area contributed by atoms with Crippen LogP contribution in [0, 0.1) is 35.5 Å². The molecule has 0 amide bonds. The minimum absolute atomic E-state index is 0.460. The molecule has 232 valence electrons. The molecule has 2 rings (SSSR count). The summed E-state index contributed by atoms with van der Waals surface area (Å²) in [6, 6.07) is 0.920. The van der Waals surface area contributed by atoms with Gasteiger partial charge in [0.15, 0.2) is 0 Å². The van der Waals surface area contributed by atoms with E-state index in [2.05, 4.69) is 27.7 Å². The highest BCUT2D eigenvalue weighted by atomic mass is 14.7. The quantitative estimate of drug-likeness (QED) is 0.133. The molecule has 2 heteroatoms. The standard InChI is InChI=1S/C37H74N2/c1-5-9-13-17-21-32-26-30(27-33(36(32)38)22-18-14-10-6-2)25-31-28-34(23-19-15-11-7-3)37(39)35(29-31)24-20-16-12-8-4/h30-37H,5-29,38-39H2,1-4H3. The smallest absolute Gasteiger partial charge is 0.00958 e. The molecule has 2 nitrogen and oxygen atoms in total. The molecule has 4 atom stereocenters.